The summed E-state index contributed by atoms with van der Waals surface area (Å²) in [6, 6.07) is 1.96. The van der Waals surface area contributed by atoms with Crippen LogP contribution in [0.2, 0.25) is 0 Å². The molecule has 0 atom stereocenters. The van der Waals surface area contributed by atoms with E-state index in [0.717, 1.165) is 16.4 Å². The van der Waals surface area contributed by atoms with Gasteiger partial charge in [0, 0.05) is 7.05 Å². The average Bonchev–Trinajstić information content (AvgIpc) is 2.41. The first kappa shape index (κ1) is 17.0. The summed E-state index contributed by atoms with van der Waals surface area (Å²) in [5.74, 6) is 1.78. The third-order valence-electron chi connectivity index (χ3n) is 1.79. The van der Waals surface area contributed by atoms with E-state index < -0.39 is 3.37 Å². The van der Waals surface area contributed by atoms with Gasteiger partial charge in [-0.3, -0.25) is 9.10 Å². The molecule has 2 heterocycles. The molecule has 0 spiro atoms. The van der Waals surface area contributed by atoms with Gasteiger partial charge in [-0.15, -0.1) is 0 Å². The van der Waals surface area contributed by atoms with Crippen LogP contribution in [0.3, 0.4) is 0 Å². The van der Waals surface area contributed by atoms with E-state index in [1.807, 2.05) is 13.0 Å². The van der Waals surface area contributed by atoms with Crippen LogP contribution < -0.4 is 0 Å². The molecule has 104 valence electrons. The van der Waals surface area contributed by atoms with E-state index in [1.54, 1.807) is 11.4 Å². The molecule has 1 aromatic rings. The number of fused-ring (bicyclic) bond motifs is 1. The standard InChI is InChI=1S/C8H9NO2S.Cl5P/c1-5-3-7-6(11-5)4-8(10)9(2)12-7;1-6(2,3,4)5/h3H,4H2,1-2H3;. The molecule has 0 aromatic carbocycles. The van der Waals surface area contributed by atoms with E-state index in [2.05, 4.69) is 0 Å². The maximum atomic E-state index is 11.2. The molecule has 1 aliphatic heterocycles. The number of rotatable bonds is 0. The Morgan fingerprint density at radius 1 is 1.33 bits per heavy atom. The van der Waals surface area contributed by atoms with Crippen molar-refractivity contribution >= 4 is 77.4 Å². The molecule has 1 aromatic heterocycles. The van der Waals surface area contributed by atoms with Crippen LogP contribution in [0.1, 0.15) is 11.5 Å². The van der Waals surface area contributed by atoms with Crippen molar-refractivity contribution in [3.8, 4) is 0 Å². The van der Waals surface area contributed by atoms with Crippen LogP contribution in [-0.4, -0.2) is 17.3 Å². The van der Waals surface area contributed by atoms with Crippen molar-refractivity contribution < 1.29 is 9.21 Å². The Balaban J connectivity index is 0.000000232. The molecular weight excluding hydrogens is 382 g/mol. The molecular formula is C8H9Cl5NO2PS. The summed E-state index contributed by atoms with van der Waals surface area (Å²) in [5.41, 5.74) is 0. The van der Waals surface area contributed by atoms with Gasteiger partial charge < -0.3 is 4.42 Å². The Morgan fingerprint density at radius 3 is 2.33 bits per heavy atom. The van der Waals surface area contributed by atoms with Crippen molar-refractivity contribution in [1.29, 1.82) is 0 Å². The summed E-state index contributed by atoms with van der Waals surface area (Å²) in [4.78, 5) is 12.3. The number of carbonyl (C=O) groups is 1. The van der Waals surface area contributed by atoms with Crippen LogP contribution in [0.15, 0.2) is 15.4 Å². The molecule has 0 saturated heterocycles. The third kappa shape index (κ3) is 6.95. The van der Waals surface area contributed by atoms with Crippen LogP contribution in [0.25, 0.3) is 0 Å². The van der Waals surface area contributed by atoms with Crippen molar-refractivity contribution in [3.05, 3.63) is 17.6 Å². The van der Waals surface area contributed by atoms with Gasteiger partial charge >= 0.3 is 59.6 Å². The van der Waals surface area contributed by atoms with Gasteiger partial charge in [-0.25, -0.2) is 0 Å². The molecule has 0 unspecified atom stereocenters. The normalized spacial score (nSPS) is 17.4. The quantitative estimate of drug-likeness (QED) is 0.407. The monoisotopic (exact) mass is 389 g/mol. The van der Waals surface area contributed by atoms with Crippen molar-refractivity contribution in [2.24, 2.45) is 0 Å². The first-order chi connectivity index (χ1) is 7.90. The van der Waals surface area contributed by atoms with E-state index in [-0.39, 0.29) is 5.91 Å². The molecule has 0 radical (unpaired) electrons. The fourth-order valence-electron chi connectivity index (χ4n) is 1.19. The van der Waals surface area contributed by atoms with Crippen LogP contribution in [-0.2, 0) is 11.2 Å². The Hall–Kier alpha value is 0.980. The van der Waals surface area contributed by atoms with Crippen molar-refractivity contribution in [3.63, 3.8) is 0 Å². The van der Waals surface area contributed by atoms with Crippen LogP contribution in [0.4, 0.5) is 0 Å². The topological polar surface area (TPSA) is 33.5 Å². The van der Waals surface area contributed by atoms with Gasteiger partial charge in [0.1, 0.15) is 11.5 Å². The van der Waals surface area contributed by atoms with E-state index in [4.69, 9.17) is 60.6 Å². The molecule has 1 aliphatic rings. The number of nitrogens with zero attached hydrogens (tertiary/aromatic N) is 1. The van der Waals surface area contributed by atoms with Gasteiger partial charge in [0.25, 0.3) is 0 Å². The maximum absolute atomic E-state index is 11.2. The number of aryl methyl sites for hydroxylation is 1. The molecule has 2 rings (SSSR count). The molecule has 0 fully saturated rings. The fraction of sp³-hybridized carbons (Fsp3) is 0.375. The van der Waals surface area contributed by atoms with Gasteiger partial charge in [0.05, 0.1) is 11.3 Å². The van der Waals surface area contributed by atoms with Gasteiger partial charge in [0.2, 0.25) is 5.91 Å². The molecule has 0 aliphatic carbocycles. The number of furan rings is 1. The summed E-state index contributed by atoms with van der Waals surface area (Å²) in [6.07, 6.45) is 0.396. The predicted molar refractivity (Wildman–Crippen MR) is 82.0 cm³/mol. The Kier molecular flexibility index (Phi) is 5.46. The second kappa shape index (κ2) is 5.77. The minimum atomic E-state index is -3.69. The zero-order chi connectivity index (χ0) is 14.2. The van der Waals surface area contributed by atoms with Gasteiger partial charge in [0.15, 0.2) is 0 Å². The molecule has 1 amide bonds. The summed E-state index contributed by atoms with van der Waals surface area (Å²) in [7, 11) is 1.78. The predicted octanol–water partition coefficient (Wildman–Crippen LogP) is 5.92. The van der Waals surface area contributed by atoms with E-state index >= 15 is 0 Å². The first-order valence-corrected chi connectivity index (χ1v) is 12.1. The summed E-state index contributed by atoms with van der Waals surface area (Å²) >= 11 is 26.3. The Morgan fingerprint density at radius 2 is 1.83 bits per heavy atom. The second-order valence-corrected chi connectivity index (χ2v) is 21.2. The van der Waals surface area contributed by atoms with E-state index in [1.165, 1.54) is 11.9 Å². The molecule has 0 saturated carbocycles. The third-order valence-corrected chi connectivity index (χ3v) is 2.81. The van der Waals surface area contributed by atoms with Gasteiger partial charge in [-0.2, -0.15) is 0 Å². The number of hydrogen-bond donors (Lipinski definition) is 0. The first-order valence-electron chi connectivity index (χ1n) is 4.55. The van der Waals surface area contributed by atoms with Crippen molar-refractivity contribution in [2.75, 3.05) is 7.05 Å². The molecule has 10 heteroatoms. The van der Waals surface area contributed by atoms with Gasteiger partial charge in [-0.1, -0.05) is 0 Å². The summed E-state index contributed by atoms with van der Waals surface area (Å²) in [5, 5.41) is 0. The van der Waals surface area contributed by atoms with E-state index in [0.29, 0.717) is 6.42 Å². The number of carbonyl (C=O) groups excluding carboxylic acids is 1. The number of halogens is 5. The molecule has 0 bridgehead atoms. The van der Waals surface area contributed by atoms with Crippen LogP contribution in [0.5, 0.6) is 0 Å². The van der Waals surface area contributed by atoms with Crippen molar-refractivity contribution in [1.82, 2.24) is 4.31 Å². The average molecular weight is 391 g/mol. The zero-order valence-corrected chi connectivity index (χ0v) is 14.8. The number of hydrogen-bond acceptors (Lipinski definition) is 3. The summed E-state index contributed by atoms with van der Waals surface area (Å²) < 4.78 is 3.30. The van der Waals surface area contributed by atoms with Crippen molar-refractivity contribution in [2.45, 2.75) is 18.2 Å². The minimum absolute atomic E-state index is 0.0989. The zero-order valence-electron chi connectivity index (χ0n) is 9.29. The van der Waals surface area contributed by atoms with Gasteiger partial charge in [-0.05, 0) is 24.9 Å². The Bertz CT molecular complexity index is 453. The number of amides is 1. The second-order valence-electron chi connectivity index (χ2n) is 3.44. The SMILES string of the molecule is Cc1cc2c(o1)CC(=O)N(C)S2.ClP(Cl)(Cl)(Cl)Cl. The van der Waals surface area contributed by atoms with E-state index in [9.17, 15) is 4.79 Å². The van der Waals surface area contributed by atoms with Crippen LogP contribution >= 0.6 is 71.5 Å². The van der Waals surface area contributed by atoms with Crippen LogP contribution in [0, 0.1) is 6.92 Å². The number of likely N-dealkylation sites (N-methyl/N-ethyl adjacent to an activating group) is 1. The molecule has 18 heavy (non-hydrogen) atoms. The summed E-state index contributed by atoms with van der Waals surface area (Å²) in [6.45, 7) is 1.89. The molecule has 3 nitrogen and oxygen atoms in total. The Labute approximate surface area is 133 Å². The molecule has 0 N–H and O–H groups in total. The fourth-order valence-corrected chi connectivity index (χ4v) is 2.08.